The molecule has 0 aliphatic heterocycles. The summed E-state index contributed by atoms with van der Waals surface area (Å²) in [7, 11) is 0. The zero-order valence-electron chi connectivity index (χ0n) is 13.8. The fourth-order valence-electron chi connectivity index (χ4n) is 2.41. The molecule has 5 nitrogen and oxygen atoms in total. The van der Waals surface area contributed by atoms with Gasteiger partial charge in [0.1, 0.15) is 0 Å². The Morgan fingerprint density at radius 2 is 1.79 bits per heavy atom. The van der Waals surface area contributed by atoms with E-state index in [0.717, 1.165) is 24.3 Å². The Bertz CT molecular complexity index is 754. The highest BCUT2D eigenvalue weighted by atomic mass is 32.2. The molecule has 6 heteroatoms. The zero-order valence-corrected chi connectivity index (χ0v) is 14.7. The fraction of sp³-hybridized carbons (Fsp3) is 0.278. The van der Waals surface area contributed by atoms with Gasteiger partial charge >= 0.3 is 0 Å². The Balaban J connectivity index is 1.66. The first-order valence-corrected chi connectivity index (χ1v) is 9.00. The van der Waals surface area contributed by atoms with Gasteiger partial charge in [0, 0.05) is 36.3 Å². The van der Waals surface area contributed by atoms with Crippen molar-refractivity contribution in [1.82, 2.24) is 15.2 Å². The molecule has 2 heterocycles. The van der Waals surface area contributed by atoms with Crippen LogP contribution in [0.15, 0.2) is 58.3 Å². The maximum Gasteiger partial charge on any atom is 0.277 e. The van der Waals surface area contributed by atoms with Crippen LogP contribution in [0.25, 0.3) is 11.5 Å². The summed E-state index contributed by atoms with van der Waals surface area (Å²) in [6.45, 7) is 6.29. The van der Waals surface area contributed by atoms with Gasteiger partial charge in [0.25, 0.3) is 5.22 Å². The number of nitrogens with zero attached hydrogens (tertiary/aromatic N) is 4. The lowest BCUT2D eigenvalue weighted by Gasteiger charge is -2.20. The van der Waals surface area contributed by atoms with Gasteiger partial charge in [0.2, 0.25) is 5.89 Å². The van der Waals surface area contributed by atoms with Crippen LogP contribution in [-0.2, 0) is 5.75 Å². The number of thioether (sulfide) groups is 1. The first kappa shape index (κ1) is 16.5. The summed E-state index contributed by atoms with van der Waals surface area (Å²) < 4.78 is 5.74. The van der Waals surface area contributed by atoms with Crippen molar-refractivity contribution in [3.05, 3.63) is 54.4 Å². The third-order valence-electron chi connectivity index (χ3n) is 3.72. The molecule has 0 unspecified atom stereocenters. The minimum atomic E-state index is 0.546. The summed E-state index contributed by atoms with van der Waals surface area (Å²) in [6.07, 6.45) is 1.78. The van der Waals surface area contributed by atoms with E-state index >= 15 is 0 Å². The largest absolute Gasteiger partial charge is 0.411 e. The second-order valence-corrected chi connectivity index (χ2v) is 6.13. The number of aromatic nitrogens is 3. The Kier molecular flexibility index (Phi) is 5.48. The molecule has 0 aliphatic rings. The van der Waals surface area contributed by atoms with Crippen LogP contribution in [0.5, 0.6) is 0 Å². The van der Waals surface area contributed by atoms with Crippen molar-refractivity contribution in [3.8, 4) is 11.5 Å². The first-order valence-electron chi connectivity index (χ1n) is 8.01. The number of rotatable bonds is 7. The van der Waals surface area contributed by atoms with E-state index in [9.17, 15) is 0 Å². The number of pyridine rings is 1. The molecule has 0 spiro atoms. The molecule has 0 N–H and O–H groups in total. The highest BCUT2D eigenvalue weighted by molar-refractivity contribution is 7.98. The molecule has 3 rings (SSSR count). The minimum Gasteiger partial charge on any atom is -0.411 e. The standard InChI is InChI=1S/C18H20N4OS/c1-3-22(4-2)16-10-8-14(9-11-16)17-20-21-18(23-17)24-13-15-7-5-6-12-19-15/h5-12H,3-4,13H2,1-2H3. The Hall–Kier alpha value is -2.34. The molecular formula is C18H20N4OS. The quantitative estimate of drug-likeness (QED) is 0.599. The Morgan fingerprint density at radius 1 is 1.00 bits per heavy atom. The van der Waals surface area contributed by atoms with Crippen LogP contribution in [0.2, 0.25) is 0 Å². The lowest BCUT2D eigenvalue weighted by atomic mass is 10.2. The highest BCUT2D eigenvalue weighted by Gasteiger charge is 2.10. The molecule has 1 aromatic carbocycles. The molecule has 2 aromatic heterocycles. The predicted molar refractivity (Wildman–Crippen MR) is 97.1 cm³/mol. The fourth-order valence-corrected chi connectivity index (χ4v) is 3.09. The van der Waals surface area contributed by atoms with Gasteiger partial charge in [-0.1, -0.05) is 17.8 Å². The average molecular weight is 340 g/mol. The molecule has 0 aliphatic carbocycles. The third kappa shape index (κ3) is 3.94. The van der Waals surface area contributed by atoms with E-state index < -0.39 is 0 Å². The van der Waals surface area contributed by atoms with Crippen LogP contribution >= 0.6 is 11.8 Å². The third-order valence-corrected chi connectivity index (χ3v) is 4.57. The topological polar surface area (TPSA) is 55.1 Å². The second-order valence-electron chi connectivity index (χ2n) is 5.20. The first-order chi connectivity index (χ1) is 11.8. The smallest absolute Gasteiger partial charge is 0.277 e. The molecule has 24 heavy (non-hydrogen) atoms. The van der Waals surface area contributed by atoms with Crippen LogP contribution in [0.4, 0.5) is 5.69 Å². The number of hydrogen-bond donors (Lipinski definition) is 0. The van der Waals surface area contributed by atoms with Crippen LogP contribution in [0.3, 0.4) is 0 Å². The Morgan fingerprint density at radius 3 is 2.46 bits per heavy atom. The maximum atomic E-state index is 5.74. The molecule has 0 saturated heterocycles. The predicted octanol–water partition coefficient (Wildman–Crippen LogP) is 4.27. The van der Waals surface area contributed by atoms with Gasteiger partial charge in [-0.15, -0.1) is 10.2 Å². The van der Waals surface area contributed by atoms with Gasteiger partial charge in [0.15, 0.2) is 0 Å². The number of benzene rings is 1. The SMILES string of the molecule is CCN(CC)c1ccc(-c2nnc(SCc3ccccn3)o2)cc1. The molecule has 0 amide bonds. The van der Waals surface area contributed by atoms with Crippen molar-refractivity contribution in [2.75, 3.05) is 18.0 Å². The summed E-state index contributed by atoms with van der Waals surface area (Å²) in [5.74, 6) is 1.26. The van der Waals surface area contributed by atoms with E-state index in [0.29, 0.717) is 16.9 Å². The van der Waals surface area contributed by atoms with E-state index in [2.05, 4.69) is 46.1 Å². The van der Waals surface area contributed by atoms with Gasteiger partial charge in [-0.2, -0.15) is 0 Å². The molecule has 0 radical (unpaired) electrons. The van der Waals surface area contributed by atoms with Gasteiger partial charge in [-0.25, -0.2) is 0 Å². The summed E-state index contributed by atoms with van der Waals surface area (Å²) in [5, 5.41) is 8.81. The van der Waals surface area contributed by atoms with Crippen LogP contribution in [-0.4, -0.2) is 28.3 Å². The van der Waals surface area contributed by atoms with Gasteiger partial charge in [-0.3, -0.25) is 4.98 Å². The molecule has 3 aromatic rings. The number of hydrogen-bond acceptors (Lipinski definition) is 6. The van der Waals surface area contributed by atoms with Crippen LogP contribution < -0.4 is 4.90 Å². The van der Waals surface area contributed by atoms with Gasteiger partial charge < -0.3 is 9.32 Å². The molecular weight excluding hydrogens is 320 g/mol. The van der Waals surface area contributed by atoms with Crippen molar-refractivity contribution in [2.45, 2.75) is 24.8 Å². The normalized spacial score (nSPS) is 10.8. The zero-order chi connectivity index (χ0) is 16.8. The highest BCUT2D eigenvalue weighted by Crippen LogP contribution is 2.26. The lowest BCUT2D eigenvalue weighted by molar-refractivity contribution is 0.466. The van der Waals surface area contributed by atoms with Crippen molar-refractivity contribution in [3.63, 3.8) is 0 Å². The average Bonchev–Trinajstić information content (AvgIpc) is 3.11. The van der Waals surface area contributed by atoms with Gasteiger partial charge in [-0.05, 0) is 50.2 Å². The van der Waals surface area contributed by atoms with E-state index in [4.69, 9.17) is 4.42 Å². The molecule has 124 valence electrons. The van der Waals surface area contributed by atoms with Crippen molar-refractivity contribution < 1.29 is 4.42 Å². The van der Waals surface area contributed by atoms with Crippen molar-refractivity contribution in [2.24, 2.45) is 0 Å². The second kappa shape index (κ2) is 7.97. The molecule has 0 bridgehead atoms. The summed E-state index contributed by atoms with van der Waals surface area (Å²) >= 11 is 1.49. The Labute approximate surface area is 146 Å². The summed E-state index contributed by atoms with van der Waals surface area (Å²) in [6, 6.07) is 14.1. The molecule has 0 atom stereocenters. The van der Waals surface area contributed by atoms with E-state index in [1.54, 1.807) is 6.20 Å². The minimum absolute atomic E-state index is 0.546. The molecule has 0 fully saturated rings. The van der Waals surface area contributed by atoms with E-state index in [1.165, 1.54) is 17.4 Å². The summed E-state index contributed by atoms with van der Waals surface area (Å²) in [4.78, 5) is 6.58. The van der Waals surface area contributed by atoms with Crippen LogP contribution in [0, 0.1) is 0 Å². The van der Waals surface area contributed by atoms with Crippen molar-refractivity contribution in [1.29, 1.82) is 0 Å². The lowest BCUT2D eigenvalue weighted by Crippen LogP contribution is -2.21. The van der Waals surface area contributed by atoms with E-state index in [1.807, 2.05) is 30.3 Å². The van der Waals surface area contributed by atoms with E-state index in [-0.39, 0.29) is 0 Å². The monoisotopic (exact) mass is 340 g/mol. The number of anilines is 1. The maximum absolute atomic E-state index is 5.74. The van der Waals surface area contributed by atoms with Crippen molar-refractivity contribution >= 4 is 17.4 Å². The van der Waals surface area contributed by atoms with Gasteiger partial charge in [0.05, 0.1) is 5.69 Å². The molecule has 0 saturated carbocycles. The summed E-state index contributed by atoms with van der Waals surface area (Å²) in [5.41, 5.74) is 3.13. The van der Waals surface area contributed by atoms with Crippen LogP contribution in [0.1, 0.15) is 19.5 Å².